The largest absolute Gasteiger partial charge is 0.497 e. The zero-order valence-corrected chi connectivity index (χ0v) is 14.8. The Morgan fingerprint density at radius 2 is 1.88 bits per heavy atom. The monoisotopic (exact) mass is 343 g/mol. The zero-order chi connectivity index (χ0) is 18.1. The Balaban J connectivity index is 1.89. The molecule has 2 rings (SSSR count). The molecule has 0 heterocycles. The Bertz CT molecular complexity index is 670. The van der Waals surface area contributed by atoms with Crippen LogP contribution >= 0.6 is 0 Å². The predicted molar refractivity (Wildman–Crippen MR) is 97.3 cm³/mol. The van der Waals surface area contributed by atoms with Gasteiger partial charge in [0.05, 0.1) is 20.3 Å². The number of carbonyl (C=O) groups excluding carboxylic acids is 1. The number of methoxy groups -OCH3 is 1. The minimum absolute atomic E-state index is 0.0699. The number of aliphatic hydroxyl groups excluding tert-OH is 1. The first kappa shape index (κ1) is 19.0. The highest BCUT2D eigenvalue weighted by atomic mass is 16.5. The Kier molecular flexibility index (Phi) is 7.44. The van der Waals surface area contributed by atoms with Gasteiger partial charge in [0.1, 0.15) is 11.5 Å². The molecule has 0 bridgehead atoms. The van der Waals surface area contributed by atoms with Crippen LogP contribution in [0.1, 0.15) is 22.3 Å². The molecule has 0 aromatic heterocycles. The number of carbonyl (C=O) groups is 1. The van der Waals surface area contributed by atoms with E-state index in [1.165, 1.54) is 0 Å². The molecule has 0 radical (unpaired) electrons. The van der Waals surface area contributed by atoms with Crippen molar-refractivity contribution in [1.82, 2.24) is 4.90 Å². The second kappa shape index (κ2) is 9.81. The van der Waals surface area contributed by atoms with E-state index < -0.39 is 0 Å². The molecule has 0 fully saturated rings. The van der Waals surface area contributed by atoms with Crippen LogP contribution in [0.5, 0.6) is 11.5 Å². The van der Waals surface area contributed by atoms with Gasteiger partial charge in [-0.15, -0.1) is 0 Å². The molecule has 25 heavy (non-hydrogen) atoms. The molecule has 5 nitrogen and oxygen atoms in total. The maximum absolute atomic E-state index is 12.4. The maximum Gasteiger partial charge on any atom is 0.176 e. The molecule has 0 aliphatic rings. The van der Waals surface area contributed by atoms with E-state index in [2.05, 4.69) is 0 Å². The van der Waals surface area contributed by atoms with Gasteiger partial charge in [-0.3, -0.25) is 9.69 Å². The fourth-order valence-electron chi connectivity index (χ4n) is 2.47. The number of Topliss-reactive ketones (excluding diaryl/α,β-unsaturated/α-hetero) is 1. The van der Waals surface area contributed by atoms with E-state index in [1.54, 1.807) is 31.4 Å². The lowest BCUT2D eigenvalue weighted by Crippen LogP contribution is -2.25. The van der Waals surface area contributed by atoms with Crippen LogP contribution in [-0.4, -0.2) is 49.7 Å². The van der Waals surface area contributed by atoms with Crippen LogP contribution in [0.3, 0.4) is 0 Å². The number of likely N-dealkylation sites (N-methyl/N-ethyl adjacent to an activating group) is 1. The van der Waals surface area contributed by atoms with Crippen LogP contribution in [0.2, 0.25) is 0 Å². The Labute approximate surface area is 148 Å². The second-order valence-corrected chi connectivity index (χ2v) is 5.90. The van der Waals surface area contributed by atoms with Gasteiger partial charge in [-0.1, -0.05) is 12.1 Å². The predicted octanol–water partition coefficient (Wildman–Crippen LogP) is 2.77. The number of benzene rings is 2. The van der Waals surface area contributed by atoms with Gasteiger partial charge in [-0.2, -0.15) is 0 Å². The molecule has 134 valence electrons. The second-order valence-electron chi connectivity index (χ2n) is 5.90. The molecule has 0 aliphatic carbocycles. The fourth-order valence-corrected chi connectivity index (χ4v) is 2.47. The topological polar surface area (TPSA) is 59.0 Å². The normalized spacial score (nSPS) is 10.7. The maximum atomic E-state index is 12.4. The van der Waals surface area contributed by atoms with Crippen molar-refractivity contribution in [3.05, 3.63) is 59.7 Å². The van der Waals surface area contributed by atoms with E-state index in [4.69, 9.17) is 14.6 Å². The van der Waals surface area contributed by atoms with E-state index in [0.717, 1.165) is 17.1 Å². The number of rotatable bonds is 10. The van der Waals surface area contributed by atoms with E-state index in [9.17, 15) is 4.79 Å². The van der Waals surface area contributed by atoms with Crippen LogP contribution in [0.25, 0.3) is 0 Å². The highest BCUT2D eigenvalue weighted by Crippen LogP contribution is 2.16. The van der Waals surface area contributed by atoms with Gasteiger partial charge in [0.2, 0.25) is 0 Å². The van der Waals surface area contributed by atoms with Crippen molar-refractivity contribution >= 4 is 5.78 Å². The first-order valence-electron chi connectivity index (χ1n) is 8.31. The van der Waals surface area contributed by atoms with Crippen LogP contribution in [0.15, 0.2) is 48.5 Å². The molecule has 0 saturated carbocycles. The van der Waals surface area contributed by atoms with Crippen molar-refractivity contribution in [3.63, 3.8) is 0 Å². The lowest BCUT2D eigenvalue weighted by atomic mass is 10.1. The third kappa shape index (κ3) is 6.21. The number of ketones is 1. The van der Waals surface area contributed by atoms with Gasteiger partial charge in [0.25, 0.3) is 0 Å². The first-order chi connectivity index (χ1) is 12.1. The molecule has 2 aromatic rings. The summed E-state index contributed by atoms with van der Waals surface area (Å²) < 4.78 is 10.7. The van der Waals surface area contributed by atoms with Crippen molar-refractivity contribution in [2.24, 2.45) is 0 Å². The average Bonchev–Trinajstić information content (AvgIpc) is 2.62. The Morgan fingerprint density at radius 1 is 1.12 bits per heavy atom. The standard InChI is InChI=1S/C20H25NO4/c1-21(15-20(23)17-7-9-18(24-2)10-8-17)14-16-5-3-6-19(13-16)25-12-4-11-22/h3,5-10,13,22H,4,11-12,14-15H2,1-2H3. The van der Waals surface area contributed by atoms with Crippen molar-refractivity contribution in [2.45, 2.75) is 13.0 Å². The summed E-state index contributed by atoms with van der Waals surface area (Å²) in [6, 6.07) is 14.9. The zero-order valence-electron chi connectivity index (χ0n) is 14.8. The smallest absolute Gasteiger partial charge is 0.176 e. The highest BCUT2D eigenvalue weighted by Gasteiger charge is 2.10. The first-order valence-corrected chi connectivity index (χ1v) is 8.31. The van der Waals surface area contributed by atoms with Crippen molar-refractivity contribution in [2.75, 3.05) is 33.9 Å². The summed E-state index contributed by atoms with van der Waals surface area (Å²) in [7, 11) is 3.52. The molecule has 0 unspecified atom stereocenters. The molecular formula is C20H25NO4. The van der Waals surface area contributed by atoms with Gasteiger partial charge < -0.3 is 14.6 Å². The summed E-state index contributed by atoms with van der Waals surface area (Å²) in [5.74, 6) is 1.59. The van der Waals surface area contributed by atoms with E-state index in [-0.39, 0.29) is 12.4 Å². The van der Waals surface area contributed by atoms with E-state index >= 15 is 0 Å². The summed E-state index contributed by atoms with van der Waals surface area (Å²) >= 11 is 0. The van der Waals surface area contributed by atoms with Gasteiger partial charge in [-0.05, 0) is 49.0 Å². The third-order valence-electron chi connectivity index (χ3n) is 3.75. The number of nitrogens with zero attached hydrogens (tertiary/aromatic N) is 1. The molecule has 0 aliphatic heterocycles. The highest BCUT2D eigenvalue weighted by molar-refractivity contribution is 5.97. The molecule has 0 spiro atoms. The van der Waals surface area contributed by atoms with Gasteiger partial charge in [-0.25, -0.2) is 0 Å². The molecule has 5 heteroatoms. The molecule has 0 saturated heterocycles. The minimum Gasteiger partial charge on any atom is -0.497 e. The molecule has 0 amide bonds. The lowest BCUT2D eigenvalue weighted by molar-refractivity contribution is 0.0943. The SMILES string of the molecule is COc1ccc(C(=O)CN(C)Cc2cccc(OCCCO)c2)cc1. The van der Waals surface area contributed by atoms with Crippen molar-refractivity contribution < 1.29 is 19.4 Å². The summed E-state index contributed by atoms with van der Waals surface area (Å²) in [4.78, 5) is 14.3. The van der Waals surface area contributed by atoms with E-state index in [1.807, 2.05) is 36.2 Å². The number of ether oxygens (including phenoxy) is 2. The summed E-state index contributed by atoms with van der Waals surface area (Å²) in [6.07, 6.45) is 0.612. The van der Waals surface area contributed by atoms with Gasteiger partial charge in [0, 0.05) is 25.1 Å². The fraction of sp³-hybridized carbons (Fsp3) is 0.350. The van der Waals surface area contributed by atoms with Crippen LogP contribution in [0, 0.1) is 0 Å². The van der Waals surface area contributed by atoms with Crippen molar-refractivity contribution in [1.29, 1.82) is 0 Å². The van der Waals surface area contributed by atoms with Crippen LogP contribution in [0.4, 0.5) is 0 Å². The average molecular weight is 343 g/mol. The van der Waals surface area contributed by atoms with Gasteiger partial charge in [0.15, 0.2) is 5.78 Å². The molecule has 0 atom stereocenters. The lowest BCUT2D eigenvalue weighted by Gasteiger charge is -2.16. The third-order valence-corrected chi connectivity index (χ3v) is 3.75. The molecular weight excluding hydrogens is 318 g/mol. The van der Waals surface area contributed by atoms with Crippen LogP contribution in [-0.2, 0) is 6.54 Å². The number of aliphatic hydroxyl groups is 1. The number of hydrogen-bond acceptors (Lipinski definition) is 5. The summed E-state index contributed by atoms with van der Waals surface area (Å²) in [6.45, 7) is 1.60. The summed E-state index contributed by atoms with van der Waals surface area (Å²) in [5, 5.41) is 8.80. The van der Waals surface area contributed by atoms with Crippen LogP contribution < -0.4 is 9.47 Å². The molecule has 2 aromatic carbocycles. The summed E-state index contributed by atoms with van der Waals surface area (Å²) in [5.41, 5.74) is 1.75. The minimum atomic E-state index is 0.0699. The Hall–Kier alpha value is -2.37. The molecule has 1 N–H and O–H groups in total. The quantitative estimate of drug-likeness (QED) is 0.531. The number of hydrogen-bond donors (Lipinski definition) is 1. The van der Waals surface area contributed by atoms with Crippen molar-refractivity contribution in [3.8, 4) is 11.5 Å². The van der Waals surface area contributed by atoms with Gasteiger partial charge >= 0.3 is 0 Å². The Morgan fingerprint density at radius 3 is 2.56 bits per heavy atom. The van der Waals surface area contributed by atoms with E-state index in [0.29, 0.717) is 31.7 Å².